The lowest BCUT2D eigenvalue weighted by atomic mass is 10.2. The van der Waals surface area contributed by atoms with Crippen LogP contribution in [-0.4, -0.2) is 16.6 Å². The molecule has 0 radical (unpaired) electrons. The number of hydrogen-bond acceptors (Lipinski definition) is 5. The fraction of sp³-hybridized carbons (Fsp3) is 0.571. The lowest BCUT2D eigenvalue weighted by Gasteiger charge is -1.92. The van der Waals surface area contributed by atoms with Gasteiger partial charge >= 0.3 is 5.69 Å². The highest BCUT2D eigenvalue weighted by molar-refractivity contribution is 5.37. The lowest BCUT2D eigenvalue weighted by Crippen LogP contribution is -2.01. The van der Waals surface area contributed by atoms with Gasteiger partial charge < -0.3 is 10.3 Å². The zero-order valence-corrected chi connectivity index (χ0v) is 7.32. The quantitative estimate of drug-likeness (QED) is 0.552. The summed E-state index contributed by atoms with van der Waals surface area (Å²) in [5, 5.41) is 14.1. The van der Waals surface area contributed by atoms with Crippen LogP contribution in [0.3, 0.4) is 0 Å². The Morgan fingerprint density at radius 1 is 1.69 bits per heavy atom. The van der Waals surface area contributed by atoms with Gasteiger partial charge in [-0.25, -0.2) is 0 Å². The summed E-state index contributed by atoms with van der Waals surface area (Å²) in [4.78, 5) is 10.1. The molecule has 0 unspecified atom stereocenters. The van der Waals surface area contributed by atoms with E-state index >= 15 is 0 Å². The molecule has 0 aliphatic rings. The predicted octanol–water partition coefficient (Wildman–Crippen LogP) is 0.783. The van der Waals surface area contributed by atoms with Crippen LogP contribution in [0, 0.1) is 17.0 Å². The van der Waals surface area contributed by atoms with E-state index in [1.165, 1.54) is 0 Å². The molecule has 0 saturated heterocycles. The first kappa shape index (κ1) is 9.66. The number of nitrogens with two attached hydrogens (primary N) is 1. The molecule has 0 saturated carbocycles. The van der Waals surface area contributed by atoms with Gasteiger partial charge in [-0.2, -0.15) is 0 Å². The highest BCUT2D eigenvalue weighted by atomic mass is 16.6. The maximum absolute atomic E-state index is 10.5. The monoisotopic (exact) mass is 185 g/mol. The number of nitro groups is 1. The fourth-order valence-corrected chi connectivity index (χ4v) is 1.07. The van der Waals surface area contributed by atoms with E-state index in [1.54, 1.807) is 6.92 Å². The predicted molar refractivity (Wildman–Crippen MR) is 45.3 cm³/mol. The van der Waals surface area contributed by atoms with Gasteiger partial charge in [0.15, 0.2) is 5.69 Å². The van der Waals surface area contributed by atoms with E-state index in [2.05, 4.69) is 5.16 Å². The Hall–Kier alpha value is -1.43. The Kier molecular flexibility index (Phi) is 2.97. The number of nitrogens with zero attached hydrogens (tertiary/aromatic N) is 2. The van der Waals surface area contributed by atoms with Crippen LogP contribution in [0.2, 0.25) is 0 Å². The normalized spacial score (nSPS) is 10.3. The van der Waals surface area contributed by atoms with Gasteiger partial charge in [0.05, 0.1) is 4.92 Å². The highest BCUT2D eigenvalue weighted by Crippen LogP contribution is 2.23. The summed E-state index contributed by atoms with van der Waals surface area (Å²) >= 11 is 0. The van der Waals surface area contributed by atoms with Crippen LogP contribution in [0.25, 0.3) is 0 Å². The molecule has 0 spiro atoms. The summed E-state index contributed by atoms with van der Waals surface area (Å²) in [5.74, 6) is 0.313. The van der Waals surface area contributed by atoms with Crippen LogP contribution in [0.1, 0.15) is 17.9 Å². The minimum Gasteiger partial charge on any atom is -0.354 e. The van der Waals surface area contributed by atoms with E-state index in [0.717, 1.165) is 0 Å². The molecule has 1 heterocycles. The van der Waals surface area contributed by atoms with Crippen molar-refractivity contribution in [1.82, 2.24) is 5.16 Å². The van der Waals surface area contributed by atoms with Gasteiger partial charge in [-0.3, -0.25) is 10.1 Å². The maximum Gasteiger partial charge on any atom is 0.334 e. The Balaban J connectivity index is 2.87. The molecular formula is C7H11N3O3. The highest BCUT2D eigenvalue weighted by Gasteiger charge is 2.22. The number of rotatable bonds is 4. The topological polar surface area (TPSA) is 95.2 Å². The smallest absolute Gasteiger partial charge is 0.334 e. The van der Waals surface area contributed by atoms with Crippen LogP contribution in [0.4, 0.5) is 5.69 Å². The molecular weight excluding hydrogens is 174 g/mol. The van der Waals surface area contributed by atoms with Crippen LogP contribution >= 0.6 is 0 Å². The van der Waals surface area contributed by atoms with Crippen molar-refractivity contribution in [3.63, 3.8) is 0 Å². The number of hydrogen-bond donors (Lipinski definition) is 1. The second-order valence-corrected chi connectivity index (χ2v) is 2.69. The SMILES string of the molecule is Cc1noc(CCCN)c1[N+](=O)[O-]. The molecule has 1 rings (SSSR count). The van der Waals surface area contributed by atoms with Crippen molar-refractivity contribution in [2.45, 2.75) is 19.8 Å². The standard InChI is InChI=1S/C7H11N3O3/c1-5-7(10(11)12)6(13-9-5)3-2-4-8/h2-4,8H2,1H3. The van der Waals surface area contributed by atoms with Crippen molar-refractivity contribution in [3.8, 4) is 0 Å². The molecule has 13 heavy (non-hydrogen) atoms. The van der Waals surface area contributed by atoms with E-state index in [1.807, 2.05) is 0 Å². The van der Waals surface area contributed by atoms with Gasteiger partial charge in [0.2, 0.25) is 5.76 Å². The third kappa shape index (κ3) is 2.03. The zero-order valence-electron chi connectivity index (χ0n) is 7.32. The molecule has 0 amide bonds. The first-order chi connectivity index (χ1) is 6.16. The van der Waals surface area contributed by atoms with Crippen LogP contribution in [0.5, 0.6) is 0 Å². The van der Waals surface area contributed by atoms with E-state index in [0.29, 0.717) is 30.8 Å². The molecule has 0 atom stereocenters. The Morgan fingerprint density at radius 3 is 2.92 bits per heavy atom. The molecule has 6 nitrogen and oxygen atoms in total. The molecule has 0 aromatic carbocycles. The van der Waals surface area contributed by atoms with Crippen molar-refractivity contribution in [3.05, 3.63) is 21.6 Å². The average Bonchev–Trinajstić information content (AvgIpc) is 2.43. The molecule has 0 aliphatic carbocycles. The number of aryl methyl sites for hydroxylation is 2. The Bertz CT molecular complexity index is 308. The molecule has 72 valence electrons. The van der Waals surface area contributed by atoms with Gasteiger partial charge in [-0.05, 0) is 19.9 Å². The van der Waals surface area contributed by atoms with Gasteiger partial charge in [0.1, 0.15) is 0 Å². The Morgan fingerprint density at radius 2 is 2.38 bits per heavy atom. The molecule has 0 aliphatic heterocycles. The van der Waals surface area contributed by atoms with Crippen molar-refractivity contribution in [2.24, 2.45) is 5.73 Å². The molecule has 6 heteroatoms. The van der Waals surface area contributed by atoms with Gasteiger partial charge in [-0.15, -0.1) is 0 Å². The Labute approximate surface area is 74.8 Å². The van der Waals surface area contributed by atoms with E-state index in [-0.39, 0.29) is 5.69 Å². The largest absolute Gasteiger partial charge is 0.354 e. The third-order valence-electron chi connectivity index (χ3n) is 1.69. The molecule has 2 N–H and O–H groups in total. The molecule has 0 bridgehead atoms. The van der Waals surface area contributed by atoms with Gasteiger partial charge in [-0.1, -0.05) is 5.16 Å². The van der Waals surface area contributed by atoms with Crippen molar-refractivity contribution >= 4 is 5.69 Å². The van der Waals surface area contributed by atoms with E-state index in [4.69, 9.17) is 10.3 Å². The van der Waals surface area contributed by atoms with E-state index < -0.39 is 4.92 Å². The minimum atomic E-state index is -0.475. The average molecular weight is 185 g/mol. The first-order valence-corrected chi connectivity index (χ1v) is 3.96. The fourth-order valence-electron chi connectivity index (χ4n) is 1.07. The summed E-state index contributed by atoms with van der Waals surface area (Å²) in [7, 11) is 0. The zero-order chi connectivity index (χ0) is 9.84. The minimum absolute atomic E-state index is 0.0200. The van der Waals surface area contributed by atoms with Gasteiger partial charge in [0, 0.05) is 6.42 Å². The van der Waals surface area contributed by atoms with Crippen LogP contribution in [0.15, 0.2) is 4.52 Å². The summed E-state index contributed by atoms with van der Waals surface area (Å²) < 4.78 is 4.81. The van der Waals surface area contributed by atoms with Crippen molar-refractivity contribution in [1.29, 1.82) is 0 Å². The lowest BCUT2D eigenvalue weighted by molar-refractivity contribution is -0.386. The third-order valence-corrected chi connectivity index (χ3v) is 1.69. The molecule has 0 fully saturated rings. The second kappa shape index (κ2) is 3.99. The summed E-state index contributed by atoms with van der Waals surface area (Å²) in [6.07, 6.45) is 1.13. The molecule has 1 aromatic heterocycles. The van der Waals surface area contributed by atoms with Crippen LogP contribution in [-0.2, 0) is 6.42 Å². The molecule has 1 aromatic rings. The van der Waals surface area contributed by atoms with Crippen molar-refractivity contribution in [2.75, 3.05) is 6.54 Å². The second-order valence-electron chi connectivity index (χ2n) is 2.69. The van der Waals surface area contributed by atoms with Gasteiger partial charge in [0.25, 0.3) is 0 Å². The van der Waals surface area contributed by atoms with E-state index in [9.17, 15) is 10.1 Å². The maximum atomic E-state index is 10.5. The van der Waals surface area contributed by atoms with Crippen LogP contribution < -0.4 is 5.73 Å². The number of aromatic nitrogens is 1. The summed E-state index contributed by atoms with van der Waals surface area (Å²) in [5.41, 5.74) is 5.57. The first-order valence-electron chi connectivity index (χ1n) is 3.96. The van der Waals surface area contributed by atoms with Crippen molar-refractivity contribution < 1.29 is 9.45 Å². The summed E-state index contributed by atoms with van der Waals surface area (Å²) in [6, 6.07) is 0. The summed E-state index contributed by atoms with van der Waals surface area (Å²) in [6.45, 7) is 2.03.